The number of anilines is 1. The predicted octanol–water partition coefficient (Wildman–Crippen LogP) is 4.65. The number of nitrogens with zero attached hydrogens (tertiary/aromatic N) is 1. The highest BCUT2D eigenvalue weighted by Gasteiger charge is 2.75. The molecule has 6 nitrogen and oxygen atoms in total. The van der Waals surface area contributed by atoms with Gasteiger partial charge in [0.2, 0.25) is 29.0 Å². The van der Waals surface area contributed by atoms with Gasteiger partial charge in [0.05, 0.1) is 28.6 Å². The van der Waals surface area contributed by atoms with Gasteiger partial charge in [-0.3, -0.25) is 19.2 Å². The van der Waals surface area contributed by atoms with Crippen LogP contribution >= 0.6 is 11.6 Å². The number of Topliss-reactive ketones (excluding diaryl/α,β-unsaturated/α-hetero) is 2. The first-order chi connectivity index (χ1) is 16.8. The lowest BCUT2D eigenvalue weighted by molar-refractivity contribution is -0.127. The van der Waals surface area contributed by atoms with Crippen molar-refractivity contribution in [2.45, 2.75) is 25.6 Å². The first-order valence-corrected chi connectivity index (χ1v) is 11.7. The summed E-state index contributed by atoms with van der Waals surface area (Å²) in [5.74, 6) is -4.71. The lowest BCUT2D eigenvalue weighted by Gasteiger charge is -2.28. The molecule has 1 aliphatic carbocycles. The zero-order valence-corrected chi connectivity index (χ0v) is 19.7. The zero-order chi connectivity index (χ0) is 24.6. The summed E-state index contributed by atoms with van der Waals surface area (Å²) in [4.78, 5) is 56.5. The van der Waals surface area contributed by atoms with Crippen LogP contribution in [0.5, 0.6) is 0 Å². The molecule has 0 bridgehead atoms. The van der Waals surface area contributed by atoms with Gasteiger partial charge < -0.3 is 4.74 Å². The fourth-order valence-corrected chi connectivity index (χ4v) is 5.97. The topological polar surface area (TPSA) is 80.8 Å². The van der Waals surface area contributed by atoms with E-state index in [0.29, 0.717) is 5.56 Å². The molecule has 1 spiro atoms. The van der Waals surface area contributed by atoms with Crippen LogP contribution in [-0.4, -0.2) is 29.0 Å². The lowest BCUT2D eigenvalue weighted by Crippen LogP contribution is -2.51. The van der Waals surface area contributed by atoms with Gasteiger partial charge in [-0.15, -0.1) is 0 Å². The van der Waals surface area contributed by atoms with Gasteiger partial charge in [-0.2, -0.15) is 0 Å². The van der Waals surface area contributed by atoms with Crippen LogP contribution in [0.15, 0.2) is 66.7 Å². The van der Waals surface area contributed by atoms with E-state index < -0.39 is 46.9 Å². The van der Waals surface area contributed by atoms with Gasteiger partial charge in [-0.05, 0) is 42.7 Å². The standard InChI is InChI=1S/C28H20ClNO5/c1-14-8-7-11-16(15(14)2)23-21-22(27(34)30(26(21)33)20-13-6-5-12-19(20)29)28(35-23)24(31)17-9-3-4-10-18(17)25(28)32/h3-13,21-23H,1-2H3/t21-,22-,23-/m1/s1. The number of fused-ring (bicyclic) bond motifs is 3. The molecule has 3 atom stereocenters. The maximum absolute atomic E-state index is 13.9. The van der Waals surface area contributed by atoms with E-state index in [0.717, 1.165) is 16.0 Å². The summed E-state index contributed by atoms with van der Waals surface area (Å²) in [5.41, 5.74) is 1.05. The minimum Gasteiger partial charge on any atom is -0.349 e. The second-order valence-corrected chi connectivity index (χ2v) is 9.64. The molecule has 3 aromatic rings. The maximum Gasteiger partial charge on any atom is 0.241 e. The van der Waals surface area contributed by atoms with Crippen molar-refractivity contribution >= 4 is 40.7 Å². The Balaban J connectivity index is 1.59. The predicted molar refractivity (Wildman–Crippen MR) is 129 cm³/mol. The highest BCUT2D eigenvalue weighted by molar-refractivity contribution is 6.39. The monoisotopic (exact) mass is 485 g/mol. The molecule has 0 unspecified atom stereocenters. The Hall–Kier alpha value is -3.61. The summed E-state index contributed by atoms with van der Waals surface area (Å²) in [6.45, 7) is 3.83. The maximum atomic E-state index is 13.9. The molecule has 3 aliphatic rings. The van der Waals surface area contributed by atoms with Gasteiger partial charge >= 0.3 is 0 Å². The van der Waals surface area contributed by atoms with Crippen molar-refractivity contribution in [1.29, 1.82) is 0 Å². The summed E-state index contributed by atoms with van der Waals surface area (Å²) in [5, 5.41) is 0.222. The van der Waals surface area contributed by atoms with E-state index in [1.807, 2.05) is 32.0 Å². The Bertz CT molecular complexity index is 1440. The number of benzene rings is 3. The highest BCUT2D eigenvalue weighted by atomic mass is 35.5. The van der Waals surface area contributed by atoms with Crippen LogP contribution in [0, 0.1) is 25.7 Å². The van der Waals surface area contributed by atoms with Gasteiger partial charge in [-0.1, -0.05) is 66.2 Å². The smallest absolute Gasteiger partial charge is 0.241 e. The number of imide groups is 1. The number of ether oxygens (including phenoxy) is 1. The van der Waals surface area contributed by atoms with Crippen molar-refractivity contribution in [2.24, 2.45) is 11.8 Å². The molecular weight excluding hydrogens is 466 g/mol. The van der Waals surface area contributed by atoms with E-state index in [-0.39, 0.29) is 21.8 Å². The van der Waals surface area contributed by atoms with E-state index in [9.17, 15) is 19.2 Å². The fourth-order valence-electron chi connectivity index (χ4n) is 5.75. The number of carbonyl (C=O) groups is 4. The van der Waals surface area contributed by atoms with Crippen LogP contribution in [0.4, 0.5) is 5.69 Å². The van der Waals surface area contributed by atoms with Crippen LogP contribution in [0.2, 0.25) is 5.02 Å². The van der Waals surface area contributed by atoms with Crippen LogP contribution < -0.4 is 4.90 Å². The van der Waals surface area contributed by atoms with Crippen molar-refractivity contribution in [2.75, 3.05) is 4.90 Å². The van der Waals surface area contributed by atoms with Crippen molar-refractivity contribution in [3.63, 3.8) is 0 Å². The fraction of sp³-hybridized carbons (Fsp3) is 0.214. The number of halogens is 1. The number of hydrogen-bond acceptors (Lipinski definition) is 5. The Morgan fingerprint density at radius 3 is 2.09 bits per heavy atom. The molecule has 174 valence electrons. The Kier molecular flexibility index (Phi) is 4.66. The van der Waals surface area contributed by atoms with Gasteiger partial charge in [0, 0.05) is 11.1 Å². The van der Waals surface area contributed by atoms with Crippen molar-refractivity contribution in [3.05, 3.63) is 99.6 Å². The van der Waals surface area contributed by atoms with E-state index in [1.165, 1.54) is 0 Å². The number of rotatable bonds is 2. The summed E-state index contributed by atoms with van der Waals surface area (Å²) in [6.07, 6.45) is -0.953. The van der Waals surface area contributed by atoms with Gasteiger partial charge in [0.15, 0.2) is 0 Å². The first-order valence-electron chi connectivity index (χ1n) is 11.3. The number of hydrogen-bond donors (Lipinski definition) is 0. The largest absolute Gasteiger partial charge is 0.349 e. The van der Waals surface area contributed by atoms with E-state index in [2.05, 4.69) is 0 Å². The SMILES string of the molecule is Cc1cccc([C@H]2OC3(C(=O)c4ccccc4C3=O)[C@H]3C(=O)N(c4ccccc4Cl)C(=O)[C@@H]23)c1C. The Morgan fingerprint density at radius 2 is 1.43 bits per heavy atom. The number of carbonyl (C=O) groups excluding carboxylic acids is 4. The van der Waals surface area contributed by atoms with Crippen molar-refractivity contribution in [3.8, 4) is 0 Å². The molecule has 2 aliphatic heterocycles. The molecule has 0 saturated carbocycles. The Morgan fingerprint density at radius 1 is 0.800 bits per heavy atom. The third kappa shape index (κ3) is 2.69. The molecule has 2 heterocycles. The molecule has 2 saturated heterocycles. The van der Waals surface area contributed by atoms with Crippen molar-refractivity contribution in [1.82, 2.24) is 0 Å². The summed E-state index contributed by atoms with van der Waals surface area (Å²) in [6, 6.07) is 18.5. The minimum atomic E-state index is -2.10. The van der Waals surface area contributed by atoms with Crippen LogP contribution in [-0.2, 0) is 14.3 Å². The number of amides is 2. The van der Waals surface area contributed by atoms with Crippen LogP contribution in [0.25, 0.3) is 0 Å². The molecule has 35 heavy (non-hydrogen) atoms. The normalized spacial score (nSPS) is 24.4. The Labute approximate surface area is 206 Å². The molecule has 0 N–H and O–H groups in total. The lowest BCUT2D eigenvalue weighted by atomic mass is 9.76. The molecular formula is C28H20ClNO5. The van der Waals surface area contributed by atoms with Crippen molar-refractivity contribution < 1.29 is 23.9 Å². The second-order valence-electron chi connectivity index (χ2n) is 9.23. The third-order valence-electron chi connectivity index (χ3n) is 7.57. The summed E-state index contributed by atoms with van der Waals surface area (Å²) in [7, 11) is 0. The second kappa shape index (κ2) is 7.44. The van der Waals surface area contributed by atoms with Gasteiger partial charge in [0.25, 0.3) is 0 Å². The molecule has 6 rings (SSSR count). The molecule has 3 aromatic carbocycles. The van der Waals surface area contributed by atoms with Crippen LogP contribution in [0.3, 0.4) is 0 Å². The minimum absolute atomic E-state index is 0.203. The number of ketones is 2. The van der Waals surface area contributed by atoms with E-state index in [1.54, 1.807) is 48.5 Å². The molecule has 7 heteroatoms. The first kappa shape index (κ1) is 21.9. The average Bonchev–Trinajstić information content (AvgIpc) is 3.41. The van der Waals surface area contributed by atoms with E-state index in [4.69, 9.17) is 16.3 Å². The zero-order valence-electron chi connectivity index (χ0n) is 18.9. The average molecular weight is 486 g/mol. The summed E-state index contributed by atoms with van der Waals surface area (Å²) >= 11 is 6.36. The quantitative estimate of drug-likeness (QED) is 0.390. The summed E-state index contributed by atoms with van der Waals surface area (Å²) < 4.78 is 6.36. The molecule has 0 radical (unpaired) electrons. The third-order valence-corrected chi connectivity index (χ3v) is 7.89. The highest BCUT2D eigenvalue weighted by Crippen LogP contribution is 2.58. The molecule has 0 aromatic heterocycles. The van der Waals surface area contributed by atoms with E-state index >= 15 is 0 Å². The molecule has 2 fully saturated rings. The number of aryl methyl sites for hydroxylation is 1. The number of para-hydroxylation sites is 1. The van der Waals surface area contributed by atoms with Gasteiger partial charge in [-0.25, -0.2) is 4.90 Å². The van der Waals surface area contributed by atoms with Crippen LogP contribution in [0.1, 0.15) is 43.5 Å². The van der Waals surface area contributed by atoms with Gasteiger partial charge in [0.1, 0.15) is 0 Å². The molecule has 2 amide bonds.